The second-order valence-electron chi connectivity index (χ2n) is 4.61. The summed E-state index contributed by atoms with van der Waals surface area (Å²) >= 11 is 1.95. The molecule has 0 aromatic heterocycles. The third kappa shape index (κ3) is 7.71. The standard InChI is InChI=1S/C12H24O2S/c1-4-5-6-9-15-10-7-8-12(2,3)11(13)14/h4-10H2,1-3H3,(H,13,14). The van der Waals surface area contributed by atoms with Crippen molar-refractivity contribution < 1.29 is 9.90 Å². The zero-order valence-corrected chi connectivity index (χ0v) is 11.0. The van der Waals surface area contributed by atoms with Crippen LogP contribution in [0.2, 0.25) is 0 Å². The van der Waals surface area contributed by atoms with Gasteiger partial charge in [0.25, 0.3) is 0 Å². The molecule has 0 aromatic rings. The van der Waals surface area contributed by atoms with Crippen LogP contribution in [0, 0.1) is 5.41 Å². The molecule has 1 N–H and O–H groups in total. The van der Waals surface area contributed by atoms with Crippen molar-refractivity contribution in [1.82, 2.24) is 0 Å². The number of carboxylic acids is 1. The van der Waals surface area contributed by atoms with Gasteiger partial charge in [0.1, 0.15) is 0 Å². The number of carboxylic acid groups (broad SMARTS) is 1. The van der Waals surface area contributed by atoms with Crippen LogP contribution >= 0.6 is 11.8 Å². The minimum absolute atomic E-state index is 0.552. The summed E-state index contributed by atoms with van der Waals surface area (Å²) in [6.07, 6.45) is 5.67. The van der Waals surface area contributed by atoms with Gasteiger partial charge >= 0.3 is 5.97 Å². The summed E-state index contributed by atoms with van der Waals surface area (Å²) in [6.45, 7) is 5.81. The molecular weight excluding hydrogens is 208 g/mol. The normalized spacial score (nSPS) is 11.7. The molecule has 0 aliphatic rings. The maximum atomic E-state index is 10.8. The first kappa shape index (κ1) is 14.8. The van der Waals surface area contributed by atoms with Crippen LogP contribution in [-0.2, 0) is 4.79 Å². The van der Waals surface area contributed by atoms with Gasteiger partial charge in [-0.2, -0.15) is 11.8 Å². The molecule has 2 nitrogen and oxygen atoms in total. The minimum Gasteiger partial charge on any atom is -0.481 e. The van der Waals surface area contributed by atoms with E-state index in [-0.39, 0.29) is 0 Å². The van der Waals surface area contributed by atoms with Crippen molar-refractivity contribution >= 4 is 17.7 Å². The molecule has 90 valence electrons. The third-order valence-corrected chi connectivity index (χ3v) is 3.72. The van der Waals surface area contributed by atoms with E-state index in [1.54, 1.807) is 13.8 Å². The summed E-state index contributed by atoms with van der Waals surface area (Å²) in [7, 11) is 0. The lowest BCUT2D eigenvalue weighted by Gasteiger charge is -2.18. The van der Waals surface area contributed by atoms with Crippen LogP contribution in [-0.4, -0.2) is 22.6 Å². The Bertz CT molecular complexity index is 178. The SMILES string of the molecule is CCCCCSCCCC(C)(C)C(=O)O. The molecule has 0 fully saturated rings. The largest absolute Gasteiger partial charge is 0.481 e. The number of carbonyl (C=O) groups is 1. The molecule has 0 rings (SSSR count). The van der Waals surface area contributed by atoms with E-state index in [2.05, 4.69) is 6.92 Å². The molecule has 0 aliphatic heterocycles. The molecule has 0 unspecified atom stereocenters. The molecule has 0 radical (unpaired) electrons. The van der Waals surface area contributed by atoms with Crippen LogP contribution < -0.4 is 0 Å². The Morgan fingerprint density at radius 2 is 1.80 bits per heavy atom. The highest BCUT2D eigenvalue weighted by Gasteiger charge is 2.25. The molecule has 3 heteroatoms. The summed E-state index contributed by atoms with van der Waals surface area (Å²) in [5, 5.41) is 8.91. The van der Waals surface area contributed by atoms with Crippen molar-refractivity contribution in [3.8, 4) is 0 Å². The van der Waals surface area contributed by atoms with Gasteiger partial charge in [-0.15, -0.1) is 0 Å². The topological polar surface area (TPSA) is 37.3 Å². The van der Waals surface area contributed by atoms with Crippen molar-refractivity contribution in [3.05, 3.63) is 0 Å². The maximum absolute atomic E-state index is 10.8. The van der Waals surface area contributed by atoms with Crippen LogP contribution in [0.4, 0.5) is 0 Å². The van der Waals surface area contributed by atoms with Crippen molar-refractivity contribution in [3.63, 3.8) is 0 Å². The van der Waals surface area contributed by atoms with Crippen LogP contribution in [0.5, 0.6) is 0 Å². The molecule has 15 heavy (non-hydrogen) atoms. The number of thioether (sulfide) groups is 1. The third-order valence-electron chi connectivity index (χ3n) is 2.56. The van der Waals surface area contributed by atoms with E-state index in [1.807, 2.05) is 11.8 Å². The molecule has 0 saturated carbocycles. The van der Waals surface area contributed by atoms with Gasteiger partial charge in [-0.05, 0) is 44.6 Å². The van der Waals surface area contributed by atoms with Crippen molar-refractivity contribution in [1.29, 1.82) is 0 Å². The molecular formula is C12H24O2S. The highest BCUT2D eigenvalue weighted by molar-refractivity contribution is 7.99. The van der Waals surface area contributed by atoms with Gasteiger partial charge in [0.05, 0.1) is 5.41 Å². The van der Waals surface area contributed by atoms with Crippen LogP contribution in [0.15, 0.2) is 0 Å². The highest BCUT2D eigenvalue weighted by Crippen LogP contribution is 2.23. The Kier molecular flexibility index (Phi) is 7.93. The minimum atomic E-state index is -0.682. The van der Waals surface area contributed by atoms with Gasteiger partial charge < -0.3 is 5.11 Å². The number of hydrogen-bond acceptors (Lipinski definition) is 2. The molecule has 0 aromatic carbocycles. The molecule has 0 spiro atoms. The molecule has 0 amide bonds. The van der Waals surface area contributed by atoms with Crippen molar-refractivity contribution in [2.24, 2.45) is 5.41 Å². The van der Waals surface area contributed by atoms with Gasteiger partial charge in [-0.3, -0.25) is 4.79 Å². The predicted molar refractivity (Wildman–Crippen MR) is 67.5 cm³/mol. The molecule has 0 heterocycles. The quantitative estimate of drug-likeness (QED) is 0.614. The van der Waals surface area contributed by atoms with Crippen LogP contribution in [0.3, 0.4) is 0 Å². The van der Waals surface area contributed by atoms with Crippen LogP contribution in [0.1, 0.15) is 52.9 Å². The number of hydrogen-bond donors (Lipinski definition) is 1. The second kappa shape index (κ2) is 8.03. The van der Waals surface area contributed by atoms with Gasteiger partial charge in [0.2, 0.25) is 0 Å². The van der Waals surface area contributed by atoms with Gasteiger partial charge in [0.15, 0.2) is 0 Å². The first-order valence-electron chi connectivity index (χ1n) is 5.82. The Morgan fingerprint density at radius 1 is 1.20 bits per heavy atom. The van der Waals surface area contributed by atoms with E-state index in [4.69, 9.17) is 5.11 Å². The predicted octanol–water partition coefficient (Wildman–Crippen LogP) is 3.80. The number of aliphatic carboxylic acids is 1. The van der Waals surface area contributed by atoms with Crippen molar-refractivity contribution in [2.45, 2.75) is 52.9 Å². The summed E-state index contributed by atoms with van der Waals surface area (Å²) in [4.78, 5) is 10.8. The maximum Gasteiger partial charge on any atom is 0.309 e. The Morgan fingerprint density at radius 3 is 2.33 bits per heavy atom. The monoisotopic (exact) mass is 232 g/mol. The molecule has 0 bridgehead atoms. The number of rotatable bonds is 9. The van der Waals surface area contributed by atoms with Gasteiger partial charge in [0, 0.05) is 0 Å². The average molecular weight is 232 g/mol. The highest BCUT2D eigenvalue weighted by atomic mass is 32.2. The lowest BCUT2D eigenvalue weighted by atomic mass is 9.88. The number of unbranched alkanes of at least 4 members (excludes halogenated alkanes) is 2. The summed E-state index contributed by atoms with van der Waals surface area (Å²) in [5.41, 5.74) is -0.552. The van der Waals surface area contributed by atoms with Crippen LogP contribution in [0.25, 0.3) is 0 Å². The summed E-state index contributed by atoms with van der Waals surface area (Å²) in [5.74, 6) is 1.64. The van der Waals surface area contributed by atoms with E-state index in [1.165, 1.54) is 25.0 Å². The molecule has 0 atom stereocenters. The van der Waals surface area contributed by atoms with E-state index in [0.29, 0.717) is 0 Å². The van der Waals surface area contributed by atoms with Gasteiger partial charge in [-0.1, -0.05) is 19.8 Å². The smallest absolute Gasteiger partial charge is 0.309 e. The van der Waals surface area contributed by atoms with E-state index in [9.17, 15) is 4.79 Å². The lowest BCUT2D eigenvalue weighted by molar-refractivity contribution is -0.147. The first-order valence-corrected chi connectivity index (χ1v) is 6.97. The zero-order valence-electron chi connectivity index (χ0n) is 10.2. The lowest BCUT2D eigenvalue weighted by Crippen LogP contribution is -2.23. The van der Waals surface area contributed by atoms with E-state index in [0.717, 1.165) is 18.6 Å². The van der Waals surface area contributed by atoms with E-state index >= 15 is 0 Å². The average Bonchev–Trinajstić information content (AvgIpc) is 2.16. The summed E-state index contributed by atoms with van der Waals surface area (Å²) in [6, 6.07) is 0. The first-order chi connectivity index (χ1) is 7.00. The Labute approximate surface area is 97.8 Å². The molecule has 0 aliphatic carbocycles. The zero-order chi connectivity index (χ0) is 11.7. The van der Waals surface area contributed by atoms with Gasteiger partial charge in [-0.25, -0.2) is 0 Å². The fourth-order valence-electron chi connectivity index (χ4n) is 1.28. The van der Waals surface area contributed by atoms with Crippen molar-refractivity contribution in [2.75, 3.05) is 11.5 Å². The fourth-order valence-corrected chi connectivity index (χ4v) is 2.24. The fraction of sp³-hybridized carbons (Fsp3) is 0.917. The van der Waals surface area contributed by atoms with E-state index < -0.39 is 11.4 Å². The Hall–Kier alpha value is -0.180. The Balaban J connectivity index is 3.35. The summed E-state index contributed by atoms with van der Waals surface area (Å²) < 4.78 is 0. The second-order valence-corrected chi connectivity index (χ2v) is 5.84. The molecule has 0 saturated heterocycles.